The molecule has 0 aromatic carbocycles. The molecule has 0 fully saturated rings. The second-order valence-electron chi connectivity index (χ2n) is 4.91. The number of aliphatic hydroxyl groups excluding tert-OH is 1. The third kappa shape index (κ3) is 3.43. The van der Waals surface area contributed by atoms with Crippen LogP contribution in [0.25, 0.3) is 0 Å². The van der Waals surface area contributed by atoms with Gasteiger partial charge in [0.05, 0.1) is 27.2 Å². The van der Waals surface area contributed by atoms with Crippen LogP contribution in [0.1, 0.15) is 22.2 Å². The largest absolute Gasteiger partial charge is 0.381 e. The van der Waals surface area contributed by atoms with Gasteiger partial charge in [-0.3, -0.25) is 4.68 Å². The van der Waals surface area contributed by atoms with Gasteiger partial charge >= 0.3 is 0 Å². The maximum atomic E-state index is 10.6. The number of nitrogens with zero attached hydrogens (tertiary/aromatic N) is 3. The Balaban J connectivity index is 2.29. The van der Waals surface area contributed by atoms with Crippen LogP contribution in [0.5, 0.6) is 0 Å². The molecule has 0 radical (unpaired) electrons. The van der Waals surface area contributed by atoms with Gasteiger partial charge in [0, 0.05) is 11.4 Å². The molecule has 0 saturated carbocycles. The van der Waals surface area contributed by atoms with Crippen molar-refractivity contribution in [2.24, 2.45) is 0 Å². The van der Waals surface area contributed by atoms with Gasteiger partial charge in [-0.05, 0) is 48.6 Å². The van der Waals surface area contributed by atoms with E-state index in [0.29, 0.717) is 17.3 Å². The first-order chi connectivity index (χ1) is 9.40. The minimum atomic E-state index is -0.748. The van der Waals surface area contributed by atoms with Gasteiger partial charge in [0.2, 0.25) is 0 Å². The van der Waals surface area contributed by atoms with Crippen molar-refractivity contribution in [3.8, 4) is 0 Å². The Hall–Kier alpha value is -0.400. The topological polar surface area (TPSA) is 41.3 Å². The summed E-state index contributed by atoms with van der Waals surface area (Å²) in [7, 11) is 4.00. The lowest BCUT2D eigenvalue weighted by molar-refractivity contribution is 0.209. The summed E-state index contributed by atoms with van der Waals surface area (Å²) < 4.78 is 2.80. The lowest BCUT2D eigenvalue weighted by Gasteiger charge is -2.15. The summed E-state index contributed by atoms with van der Waals surface area (Å²) >= 11 is 11.2. The molecular formula is C13H17BrClN3OS. The zero-order valence-corrected chi connectivity index (χ0v) is 14.8. The Kier molecular flexibility index (Phi) is 5.25. The third-order valence-corrected chi connectivity index (χ3v) is 5.48. The van der Waals surface area contributed by atoms with Crippen LogP contribution in [-0.2, 0) is 6.54 Å². The molecule has 1 N–H and O–H groups in total. The predicted molar refractivity (Wildman–Crippen MR) is 86.6 cm³/mol. The fourth-order valence-corrected chi connectivity index (χ4v) is 3.68. The summed E-state index contributed by atoms with van der Waals surface area (Å²) in [4.78, 5) is 2.93. The highest BCUT2D eigenvalue weighted by Gasteiger charge is 2.22. The van der Waals surface area contributed by atoms with E-state index in [4.69, 9.17) is 11.6 Å². The normalized spacial score (nSPS) is 13.2. The standard InChI is InChI=1S/C13H17BrClN3OS/c1-8-6-10(20-13(8)14)12(19)11-9(15)7-16-18(11)5-4-17(2)3/h6-7,12,19H,4-5H2,1-3H3. The van der Waals surface area contributed by atoms with Crippen molar-refractivity contribution in [3.05, 3.63) is 37.2 Å². The molecule has 0 aliphatic carbocycles. The van der Waals surface area contributed by atoms with Crippen LogP contribution in [0.4, 0.5) is 0 Å². The number of halogens is 2. The van der Waals surface area contributed by atoms with Gasteiger partial charge in [-0.15, -0.1) is 11.3 Å². The van der Waals surface area contributed by atoms with Crippen molar-refractivity contribution in [3.63, 3.8) is 0 Å². The second kappa shape index (κ2) is 6.58. The molecule has 2 aromatic heterocycles. The Morgan fingerprint density at radius 2 is 2.25 bits per heavy atom. The summed E-state index contributed by atoms with van der Waals surface area (Å²) in [6, 6.07) is 1.97. The highest BCUT2D eigenvalue weighted by Crippen LogP contribution is 2.36. The maximum absolute atomic E-state index is 10.6. The van der Waals surface area contributed by atoms with Crippen LogP contribution >= 0.6 is 38.9 Å². The van der Waals surface area contributed by atoms with Crippen molar-refractivity contribution in [1.82, 2.24) is 14.7 Å². The molecule has 1 unspecified atom stereocenters. The number of thiophene rings is 1. The molecule has 0 bridgehead atoms. The second-order valence-corrected chi connectivity index (χ2v) is 7.72. The lowest BCUT2D eigenvalue weighted by Crippen LogP contribution is -2.21. The maximum Gasteiger partial charge on any atom is 0.131 e. The smallest absolute Gasteiger partial charge is 0.131 e. The van der Waals surface area contributed by atoms with Gasteiger partial charge in [-0.25, -0.2) is 0 Å². The highest BCUT2D eigenvalue weighted by atomic mass is 79.9. The van der Waals surface area contributed by atoms with Gasteiger partial charge in [0.15, 0.2) is 0 Å². The van der Waals surface area contributed by atoms with Gasteiger partial charge in [-0.2, -0.15) is 5.10 Å². The van der Waals surface area contributed by atoms with E-state index >= 15 is 0 Å². The van der Waals surface area contributed by atoms with Gasteiger partial charge < -0.3 is 10.0 Å². The molecule has 110 valence electrons. The molecule has 2 heterocycles. The number of likely N-dealkylation sites (N-methyl/N-ethyl adjacent to an activating group) is 1. The Morgan fingerprint density at radius 3 is 2.80 bits per heavy atom. The van der Waals surface area contributed by atoms with Crippen LogP contribution in [0.3, 0.4) is 0 Å². The molecule has 7 heteroatoms. The average Bonchev–Trinajstić information content (AvgIpc) is 2.90. The van der Waals surface area contributed by atoms with E-state index in [1.165, 1.54) is 11.3 Å². The molecule has 1 atom stereocenters. The molecule has 2 aromatic rings. The van der Waals surface area contributed by atoms with Crippen LogP contribution in [-0.4, -0.2) is 40.4 Å². The van der Waals surface area contributed by atoms with Crippen LogP contribution in [0, 0.1) is 6.92 Å². The molecule has 0 aliphatic heterocycles. The Labute approximate surface area is 136 Å². The molecule has 20 heavy (non-hydrogen) atoms. The third-order valence-electron chi connectivity index (χ3n) is 3.00. The first-order valence-corrected chi connectivity index (χ1v) is 8.18. The Bertz CT molecular complexity index is 577. The number of aromatic nitrogens is 2. The molecule has 0 aliphatic rings. The average molecular weight is 379 g/mol. The van der Waals surface area contributed by atoms with Gasteiger partial charge in [0.1, 0.15) is 6.10 Å². The SMILES string of the molecule is Cc1cc(C(O)c2c(Cl)cnn2CCN(C)C)sc1Br. The van der Waals surface area contributed by atoms with E-state index in [1.807, 2.05) is 27.1 Å². The number of hydrogen-bond acceptors (Lipinski definition) is 4. The molecule has 0 saturated heterocycles. The van der Waals surface area contributed by atoms with Crippen molar-refractivity contribution in [2.75, 3.05) is 20.6 Å². The number of rotatable bonds is 5. The van der Waals surface area contributed by atoms with Crippen molar-refractivity contribution in [2.45, 2.75) is 19.6 Å². The summed E-state index contributed by atoms with van der Waals surface area (Å²) in [5.41, 5.74) is 1.77. The highest BCUT2D eigenvalue weighted by molar-refractivity contribution is 9.11. The van der Waals surface area contributed by atoms with Crippen molar-refractivity contribution >= 4 is 38.9 Å². The van der Waals surface area contributed by atoms with E-state index in [0.717, 1.165) is 20.8 Å². The van der Waals surface area contributed by atoms with E-state index in [9.17, 15) is 5.11 Å². The molecule has 0 amide bonds. The minimum Gasteiger partial charge on any atom is -0.381 e. The molecule has 0 spiro atoms. The van der Waals surface area contributed by atoms with Crippen molar-refractivity contribution < 1.29 is 5.11 Å². The van der Waals surface area contributed by atoms with E-state index in [1.54, 1.807) is 10.9 Å². The number of aryl methyl sites for hydroxylation is 1. The molecule has 4 nitrogen and oxygen atoms in total. The minimum absolute atomic E-state index is 0.499. The monoisotopic (exact) mass is 377 g/mol. The van der Waals surface area contributed by atoms with Gasteiger partial charge in [-0.1, -0.05) is 11.6 Å². The number of aliphatic hydroxyl groups is 1. The quantitative estimate of drug-likeness (QED) is 0.868. The van der Waals surface area contributed by atoms with Crippen molar-refractivity contribution in [1.29, 1.82) is 0 Å². The summed E-state index contributed by atoms with van der Waals surface area (Å²) in [6.45, 7) is 3.53. The van der Waals surface area contributed by atoms with Crippen LogP contribution < -0.4 is 0 Å². The predicted octanol–water partition coefficient (Wildman–Crippen LogP) is 3.31. The lowest BCUT2D eigenvalue weighted by atomic mass is 10.2. The summed E-state index contributed by atoms with van der Waals surface area (Å²) in [5, 5.41) is 15.3. The van der Waals surface area contributed by atoms with E-state index < -0.39 is 6.10 Å². The fourth-order valence-electron chi connectivity index (χ4n) is 1.87. The Morgan fingerprint density at radius 1 is 1.55 bits per heavy atom. The van der Waals surface area contributed by atoms with E-state index in [2.05, 4.69) is 25.9 Å². The van der Waals surface area contributed by atoms with Gasteiger partial charge in [0.25, 0.3) is 0 Å². The number of hydrogen-bond donors (Lipinski definition) is 1. The molecule has 2 rings (SSSR count). The summed E-state index contributed by atoms with van der Waals surface area (Å²) in [6.07, 6.45) is 0.841. The zero-order chi connectivity index (χ0) is 14.9. The fraction of sp³-hybridized carbons (Fsp3) is 0.462. The zero-order valence-electron chi connectivity index (χ0n) is 11.6. The first kappa shape index (κ1) is 16.0. The first-order valence-electron chi connectivity index (χ1n) is 6.20. The molecular weight excluding hydrogens is 362 g/mol. The summed E-state index contributed by atoms with van der Waals surface area (Å²) in [5.74, 6) is 0. The van der Waals surface area contributed by atoms with Crippen LogP contribution in [0.2, 0.25) is 5.02 Å². The van der Waals surface area contributed by atoms with E-state index in [-0.39, 0.29) is 0 Å². The van der Waals surface area contributed by atoms with Crippen LogP contribution in [0.15, 0.2) is 16.0 Å².